The summed E-state index contributed by atoms with van der Waals surface area (Å²) in [5.41, 5.74) is 1.82. The predicted octanol–water partition coefficient (Wildman–Crippen LogP) is 4.82. The Kier molecular flexibility index (Phi) is 10.3. The van der Waals surface area contributed by atoms with Gasteiger partial charge in [-0.3, -0.25) is 9.69 Å². The molecule has 0 aliphatic carbocycles. The van der Waals surface area contributed by atoms with Crippen molar-refractivity contribution in [2.24, 2.45) is 0 Å². The lowest BCUT2D eigenvalue weighted by atomic mass is 10.1. The highest BCUT2D eigenvalue weighted by molar-refractivity contribution is 7.71. The van der Waals surface area contributed by atoms with Gasteiger partial charge in [0.25, 0.3) is 0 Å². The third-order valence-electron chi connectivity index (χ3n) is 6.50. The topological polar surface area (TPSA) is 90.3 Å². The van der Waals surface area contributed by atoms with Gasteiger partial charge in [-0.05, 0) is 43.4 Å². The highest BCUT2D eigenvalue weighted by Crippen LogP contribution is 2.23. The summed E-state index contributed by atoms with van der Waals surface area (Å²) in [5, 5.41) is 20.2. The number of aliphatic carboxylic acids is 1. The molecule has 0 spiro atoms. The van der Waals surface area contributed by atoms with Crippen molar-refractivity contribution in [2.45, 2.75) is 77.2 Å². The lowest BCUT2D eigenvalue weighted by molar-refractivity contribution is -0.143. The van der Waals surface area contributed by atoms with E-state index < -0.39 is 12.0 Å². The molecular weight excluding hydrogens is 436 g/mol. The number of anilines is 1. The zero-order chi connectivity index (χ0) is 23.5. The molecule has 1 saturated heterocycles. The maximum atomic E-state index is 12.0. The number of aromatic nitrogens is 4. The molecule has 0 radical (unpaired) electrons. The number of carboxylic acids is 1. The molecule has 1 aromatic heterocycles. The summed E-state index contributed by atoms with van der Waals surface area (Å²) in [6.07, 6.45) is 12.9. The van der Waals surface area contributed by atoms with Crippen LogP contribution < -0.4 is 4.90 Å². The number of piperazine rings is 1. The molecule has 1 unspecified atom stereocenters. The van der Waals surface area contributed by atoms with E-state index in [2.05, 4.69) is 32.2 Å². The molecule has 8 nitrogen and oxygen atoms in total. The third kappa shape index (κ3) is 7.64. The quantitative estimate of drug-likeness (QED) is 0.300. The Balaban J connectivity index is 1.45. The molecule has 0 amide bonds. The van der Waals surface area contributed by atoms with E-state index in [-0.39, 0.29) is 0 Å². The zero-order valence-electron chi connectivity index (χ0n) is 19.8. The van der Waals surface area contributed by atoms with Crippen LogP contribution in [0.1, 0.15) is 71.1 Å². The fourth-order valence-corrected chi connectivity index (χ4v) is 4.74. The Morgan fingerprint density at radius 3 is 2.36 bits per heavy atom. The smallest absolute Gasteiger partial charge is 0.322 e. The van der Waals surface area contributed by atoms with Crippen molar-refractivity contribution in [3.63, 3.8) is 0 Å². The molecule has 1 aliphatic rings. The Labute approximate surface area is 202 Å². The van der Waals surface area contributed by atoms with Crippen LogP contribution in [0.2, 0.25) is 0 Å². The van der Waals surface area contributed by atoms with Crippen LogP contribution in [0.4, 0.5) is 5.69 Å². The number of H-pyrrole nitrogens is 1. The van der Waals surface area contributed by atoms with Gasteiger partial charge in [0.1, 0.15) is 6.04 Å². The number of carboxylic acid groups (broad SMARTS) is 1. The molecule has 3 rings (SSSR count). The van der Waals surface area contributed by atoms with Gasteiger partial charge in [0.05, 0.1) is 5.69 Å². The lowest BCUT2D eigenvalue weighted by Crippen LogP contribution is -2.56. The first-order chi connectivity index (χ1) is 16.1. The van der Waals surface area contributed by atoms with Crippen molar-refractivity contribution in [2.75, 3.05) is 31.1 Å². The summed E-state index contributed by atoms with van der Waals surface area (Å²) >= 11 is 5.19. The average Bonchev–Trinajstić information content (AvgIpc) is 3.26. The summed E-state index contributed by atoms with van der Waals surface area (Å²) in [5.74, 6) is -0.747. The molecule has 0 bridgehead atoms. The second-order valence-electron chi connectivity index (χ2n) is 8.96. The van der Waals surface area contributed by atoms with Crippen LogP contribution in [0.25, 0.3) is 5.69 Å². The molecule has 2 aromatic rings. The van der Waals surface area contributed by atoms with Crippen LogP contribution in [0.15, 0.2) is 24.3 Å². The van der Waals surface area contributed by atoms with Crippen molar-refractivity contribution < 1.29 is 9.90 Å². The second-order valence-corrected chi connectivity index (χ2v) is 9.32. The van der Waals surface area contributed by atoms with Crippen molar-refractivity contribution in [1.82, 2.24) is 25.1 Å². The normalized spacial score (nSPS) is 16.9. The first kappa shape index (κ1) is 25.4. The molecule has 2 N–H and O–H groups in total. The second kappa shape index (κ2) is 13.4. The molecule has 1 fully saturated rings. The number of nitrogens with zero attached hydrogens (tertiary/aromatic N) is 5. The van der Waals surface area contributed by atoms with Gasteiger partial charge in [0.2, 0.25) is 4.77 Å². The standard InChI is InChI=1S/C24H38N6O2S/c1-2-3-4-5-6-7-8-9-10-11-15-28-16-17-29(19-22(28)23(31)32)20-13-12-14-21(18-20)30-24(33)25-26-27-30/h12-14,18,22H,2-11,15-17,19H2,1H3,(H,31,32)(H,25,27,33). The minimum Gasteiger partial charge on any atom is -0.480 e. The average molecular weight is 475 g/mol. The number of hydrogen-bond donors (Lipinski definition) is 2. The van der Waals surface area contributed by atoms with Gasteiger partial charge >= 0.3 is 5.97 Å². The molecule has 0 saturated carbocycles. The molecule has 33 heavy (non-hydrogen) atoms. The van der Waals surface area contributed by atoms with Crippen molar-refractivity contribution in [3.8, 4) is 5.69 Å². The monoisotopic (exact) mass is 474 g/mol. The van der Waals surface area contributed by atoms with Gasteiger partial charge in [0.15, 0.2) is 0 Å². The van der Waals surface area contributed by atoms with Gasteiger partial charge < -0.3 is 10.0 Å². The number of benzene rings is 1. The molecule has 1 aromatic carbocycles. The van der Waals surface area contributed by atoms with Crippen molar-refractivity contribution in [1.29, 1.82) is 0 Å². The van der Waals surface area contributed by atoms with Gasteiger partial charge in [-0.25, -0.2) is 4.68 Å². The summed E-state index contributed by atoms with van der Waals surface area (Å²) in [4.78, 5) is 16.3. The van der Waals surface area contributed by atoms with E-state index in [0.29, 0.717) is 11.3 Å². The molecule has 1 atom stereocenters. The first-order valence-electron chi connectivity index (χ1n) is 12.4. The van der Waals surface area contributed by atoms with E-state index in [9.17, 15) is 9.90 Å². The first-order valence-corrected chi connectivity index (χ1v) is 12.8. The Bertz CT molecular complexity index is 914. The summed E-state index contributed by atoms with van der Waals surface area (Å²) in [7, 11) is 0. The number of aromatic amines is 1. The molecule has 182 valence electrons. The minimum absolute atomic E-state index is 0.358. The Hall–Kier alpha value is -2.26. The van der Waals surface area contributed by atoms with Gasteiger partial charge in [-0.15, -0.1) is 0 Å². The number of tetrazole rings is 1. The van der Waals surface area contributed by atoms with Gasteiger partial charge in [-0.1, -0.05) is 81.1 Å². The third-order valence-corrected chi connectivity index (χ3v) is 6.76. The molecular formula is C24H38N6O2S. The van der Waals surface area contributed by atoms with Crippen LogP contribution in [0.3, 0.4) is 0 Å². The van der Waals surface area contributed by atoms with Crippen LogP contribution in [-0.2, 0) is 4.79 Å². The van der Waals surface area contributed by atoms with E-state index in [0.717, 1.165) is 37.4 Å². The Morgan fingerprint density at radius 1 is 1.06 bits per heavy atom. The maximum absolute atomic E-state index is 12.0. The van der Waals surface area contributed by atoms with E-state index in [1.807, 2.05) is 24.3 Å². The lowest BCUT2D eigenvalue weighted by Gasteiger charge is -2.40. The summed E-state index contributed by atoms with van der Waals surface area (Å²) in [6, 6.07) is 7.38. The van der Waals surface area contributed by atoms with Crippen LogP contribution in [0, 0.1) is 4.77 Å². The zero-order valence-corrected chi connectivity index (χ0v) is 20.6. The SMILES string of the molecule is CCCCCCCCCCCCN1CCN(c2cccc(-n3[nH]nnc3=S)c2)CC1C(=O)O. The molecule has 9 heteroatoms. The number of rotatable bonds is 14. The molecule has 1 aliphatic heterocycles. The van der Waals surface area contributed by atoms with E-state index in [4.69, 9.17) is 12.2 Å². The minimum atomic E-state index is -0.747. The van der Waals surface area contributed by atoms with Crippen LogP contribution in [0.5, 0.6) is 0 Å². The molecule has 2 heterocycles. The van der Waals surface area contributed by atoms with E-state index in [1.54, 1.807) is 4.68 Å². The van der Waals surface area contributed by atoms with Crippen LogP contribution >= 0.6 is 12.2 Å². The predicted molar refractivity (Wildman–Crippen MR) is 134 cm³/mol. The van der Waals surface area contributed by atoms with Crippen LogP contribution in [-0.4, -0.2) is 68.4 Å². The van der Waals surface area contributed by atoms with Gasteiger partial charge in [0, 0.05) is 25.3 Å². The maximum Gasteiger partial charge on any atom is 0.322 e. The fourth-order valence-electron chi connectivity index (χ4n) is 4.55. The largest absolute Gasteiger partial charge is 0.480 e. The van der Waals surface area contributed by atoms with E-state index in [1.165, 1.54) is 57.8 Å². The van der Waals surface area contributed by atoms with Crippen molar-refractivity contribution in [3.05, 3.63) is 29.0 Å². The van der Waals surface area contributed by atoms with Crippen molar-refractivity contribution >= 4 is 23.9 Å². The number of unbranched alkanes of at least 4 members (excludes halogenated alkanes) is 9. The highest BCUT2D eigenvalue weighted by atomic mass is 32.1. The Morgan fingerprint density at radius 2 is 1.73 bits per heavy atom. The highest BCUT2D eigenvalue weighted by Gasteiger charge is 2.32. The fraction of sp³-hybridized carbons (Fsp3) is 0.667. The van der Waals surface area contributed by atoms with Gasteiger partial charge in [-0.2, -0.15) is 5.21 Å². The summed E-state index contributed by atoms with van der Waals surface area (Å²) < 4.78 is 1.99. The summed E-state index contributed by atoms with van der Waals surface area (Å²) in [6.45, 7) is 5.14. The van der Waals surface area contributed by atoms with E-state index >= 15 is 0 Å². The number of carbonyl (C=O) groups is 1. The number of hydrogen-bond acceptors (Lipinski definition) is 6. The number of nitrogens with one attached hydrogen (secondary N) is 1.